The number of nitrogens with one attached hydrogen (secondary N) is 1. The number of piperidine rings is 1. The van der Waals surface area contributed by atoms with Crippen LogP contribution in [-0.2, 0) is 14.3 Å². The molecule has 2 atom stereocenters. The molecule has 0 aromatic heterocycles. The van der Waals surface area contributed by atoms with Crippen molar-refractivity contribution in [3.05, 3.63) is 24.3 Å². The van der Waals surface area contributed by atoms with Crippen molar-refractivity contribution in [3.8, 4) is 5.75 Å². The molecule has 6 nitrogen and oxygen atoms in total. The van der Waals surface area contributed by atoms with Crippen LogP contribution in [0.5, 0.6) is 5.75 Å². The number of likely N-dealkylation sites (tertiary alicyclic amines) is 1. The van der Waals surface area contributed by atoms with Crippen LogP contribution in [0.4, 0.5) is 5.69 Å². The molecule has 2 rings (SSSR count). The van der Waals surface area contributed by atoms with E-state index in [4.69, 9.17) is 9.47 Å². The smallest absolute Gasteiger partial charge is 0.310 e. The molecule has 0 saturated carbocycles. The molecule has 6 heteroatoms. The second-order valence-electron chi connectivity index (χ2n) is 5.98. The van der Waals surface area contributed by atoms with Gasteiger partial charge in [-0.05, 0) is 57.5 Å². The quantitative estimate of drug-likeness (QED) is 0.809. The van der Waals surface area contributed by atoms with Crippen molar-refractivity contribution in [2.45, 2.75) is 32.7 Å². The van der Waals surface area contributed by atoms with Crippen LogP contribution in [-0.4, -0.2) is 49.6 Å². The highest BCUT2D eigenvalue weighted by Crippen LogP contribution is 2.21. The largest absolute Gasteiger partial charge is 0.497 e. The first-order chi connectivity index (χ1) is 11.5. The first-order valence-electron chi connectivity index (χ1n) is 8.40. The summed E-state index contributed by atoms with van der Waals surface area (Å²) in [6.07, 6.45) is 1.71. The van der Waals surface area contributed by atoms with E-state index in [1.54, 1.807) is 31.4 Å². The molecular weight excluding hydrogens is 308 g/mol. The molecule has 1 heterocycles. The van der Waals surface area contributed by atoms with Crippen LogP contribution in [0.1, 0.15) is 26.7 Å². The molecule has 1 amide bonds. The number of ether oxygens (including phenoxy) is 2. The zero-order valence-corrected chi connectivity index (χ0v) is 14.6. The number of nitrogens with zero attached hydrogens (tertiary/aromatic N) is 1. The van der Waals surface area contributed by atoms with Gasteiger partial charge >= 0.3 is 5.97 Å². The lowest BCUT2D eigenvalue weighted by molar-refractivity contribution is -0.150. The SMILES string of the molecule is CCOC(=O)[C@H]1CCCN([C@@H](C)C(=O)Nc2ccc(OC)cc2)C1. The Morgan fingerprint density at radius 3 is 2.67 bits per heavy atom. The summed E-state index contributed by atoms with van der Waals surface area (Å²) in [5.74, 6) is 0.360. The lowest BCUT2D eigenvalue weighted by Gasteiger charge is -2.35. The number of methoxy groups -OCH3 is 1. The van der Waals surface area contributed by atoms with Gasteiger partial charge in [-0.1, -0.05) is 0 Å². The van der Waals surface area contributed by atoms with Crippen molar-refractivity contribution in [2.24, 2.45) is 5.92 Å². The van der Waals surface area contributed by atoms with E-state index in [2.05, 4.69) is 5.32 Å². The Morgan fingerprint density at radius 1 is 1.33 bits per heavy atom. The van der Waals surface area contributed by atoms with Crippen LogP contribution < -0.4 is 10.1 Å². The molecule has 1 aromatic carbocycles. The molecule has 0 radical (unpaired) electrons. The van der Waals surface area contributed by atoms with E-state index in [1.165, 1.54) is 0 Å². The molecule has 1 saturated heterocycles. The molecule has 1 aromatic rings. The Labute approximate surface area is 143 Å². The lowest BCUT2D eigenvalue weighted by atomic mass is 9.97. The monoisotopic (exact) mass is 334 g/mol. The molecule has 0 bridgehead atoms. The Kier molecular flexibility index (Phi) is 6.61. The van der Waals surface area contributed by atoms with Crippen molar-refractivity contribution in [1.82, 2.24) is 4.90 Å². The van der Waals surface area contributed by atoms with Gasteiger partial charge < -0.3 is 14.8 Å². The van der Waals surface area contributed by atoms with E-state index in [-0.39, 0.29) is 23.8 Å². The number of hydrogen-bond acceptors (Lipinski definition) is 5. The van der Waals surface area contributed by atoms with Crippen molar-refractivity contribution in [2.75, 3.05) is 32.1 Å². The van der Waals surface area contributed by atoms with Crippen LogP contribution >= 0.6 is 0 Å². The molecule has 1 aliphatic rings. The number of esters is 1. The van der Waals surface area contributed by atoms with Gasteiger partial charge in [-0.25, -0.2) is 0 Å². The topological polar surface area (TPSA) is 67.9 Å². The fourth-order valence-electron chi connectivity index (χ4n) is 2.90. The number of carbonyl (C=O) groups excluding carboxylic acids is 2. The van der Waals surface area contributed by atoms with E-state index in [0.29, 0.717) is 13.2 Å². The Hall–Kier alpha value is -2.08. The minimum absolute atomic E-state index is 0.0790. The number of amides is 1. The maximum atomic E-state index is 12.5. The Bertz CT molecular complexity index is 559. The summed E-state index contributed by atoms with van der Waals surface area (Å²) in [4.78, 5) is 26.4. The van der Waals surface area contributed by atoms with Gasteiger partial charge in [0.1, 0.15) is 5.75 Å². The second-order valence-corrected chi connectivity index (χ2v) is 5.98. The average Bonchev–Trinajstić information content (AvgIpc) is 2.62. The number of hydrogen-bond donors (Lipinski definition) is 1. The number of carbonyl (C=O) groups is 2. The zero-order chi connectivity index (χ0) is 17.5. The van der Waals surface area contributed by atoms with Gasteiger partial charge in [-0.15, -0.1) is 0 Å². The highest BCUT2D eigenvalue weighted by Gasteiger charge is 2.31. The lowest BCUT2D eigenvalue weighted by Crippen LogP contribution is -2.48. The van der Waals surface area contributed by atoms with Crippen LogP contribution in [0.3, 0.4) is 0 Å². The molecule has 132 valence electrons. The molecule has 0 unspecified atom stereocenters. The van der Waals surface area contributed by atoms with Crippen molar-refractivity contribution in [3.63, 3.8) is 0 Å². The van der Waals surface area contributed by atoms with Gasteiger partial charge in [0.15, 0.2) is 0 Å². The molecule has 0 spiro atoms. The van der Waals surface area contributed by atoms with Crippen molar-refractivity contribution < 1.29 is 19.1 Å². The molecule has 24 heavy (non-hydrogen) atoms. The van der Waals surface area contributed by atoms with Gasteiger partial charge in [0, 0.05) is 12.2 Å². The highest BCUT2D eigenvalue weighted by molar-refractivity contribution is 5.94. The van der Waals surface area contributed by atoms with E-state index in [9.17, 15) is 9.59 Å². The maximum Gasteiger partial charge on any atom is 0.310 e. The molecular formula is C18H26N2O4. The van der Waals surface area contributed by atoms with Crippen molar-refractivity contribution in [1.29, 1.82) is 0 Å². The van der Waals surface area contributed by atoms with Crippen LogP contribution in [0.15, 0.2) is 24.3 Å². The highest BCUT2D eigenvalue weighted by atomic mass is 16.5. The minimum atomic E-state index is -0.302. The van der Waals surface area contributed by atoms with Crippen LogP contribution in [0.2, 0.25) is 0 Å². The third kappa shape index (κ3) is 4.71. The minimum Gasteiger partial charge on any atom is -0.497 e. The summed E-state index contributed by atoms with van der Waals surface area (Å²) >= 11 is 0. The Morgan fingerprint density at radius 2 is 2.04 bits per heavy atom. The zero-order valence-electron chi connectivity index (χ0n) is 14.6. The third-order valence-electron chi connectivity index (χ3n) is 4.36. The van der Waals surface area contributed by atoms with E-state index in [0.717, 1.165) is 30.8 Å². The average molecular weight is 334 g/mol. The van der Waals surface area contributed by atoms with Gasteiger partial charge in [0.2, 0.25) is 5.91 Å². The van der Waals surface area contributed by atoms with Gasteiger partial charge in [0.05, 0.1) is 25.7 Å². The third-order valence-corrected chi connectivity index (χ3v) is 4.36. The molecule has 1 fully saturated rings. The Balaban J connectivity index is 1.92. The predicted molar refractivity (Wildman–Crippen MR) is 92.0 cm³/mol. The summed E-state index contributed by atoms with van der Waals surface area (Å²) in [7, 11) is 1.60. The van der Waals surface area contributed by atoms with Crippen LogP contribution in [0, 0.1) is 5.92 Å². The summed E-state index contributed by atoms with van der Waals surface area (Å²) in [6, 6.07) is 6.92. The number of rotatable bonds is 6. The molecule has 0 aliphatic carbocycles. The normalized spacial score (nSPS) is 19.4. The van der Waals surface area contributed by atoms with Crippen molar-refractivity contribution >= 4 is 17.6 Å². The molecule has 1 N–H and O–H groups in total. The fourth-order valence-corrected chi connectivity index (χ4v) is 2.90. The summed E-state index contributed by atoms with van der Waals surface area (Å²) < 4.78 is 10.2. The molecule has 1 aliphatic heterocycles. The predicted octanol–water partition coefficient (Wildman–Crippen LogP) is 2.30. The first kappa shape index (κ1) is 18.3. The van der Waals surface area contributed by atoms with E-state index in [1.807, 2.05) is 18.7 Å². The van der Waals surface area contributed by atoms with E-state index < -0.39 is 0 Å². The standard InChI is InChI=1S/C18H26N2O4/c1-4-24-18(22)14-6-5-11-20(12-14)13(2)17(21)19-15-7-9-16(23-3)10-8-15/h7-10,13-14H,4-6,11-12H2,1-3H3,(H,19,21)/t13-,14-/m0/s1. The van der Waals surface area contributed by atoms with Gasteiger partial charge in [-0.3, -0.25) is 14.5 Å². The number of benzene rings is 1. The summed E-state index contributed by atoms with van der Waals surface area (Å²) in [5, 5.41) is 2.91. The fraction of sp³-hybridized carbons (Fsp3) is 0.556. The van der Waals surface area contributed by atoms with Gasteiger partial charge in [-0.2, -0.15) is 0 Å². The van der Waals surface area contributed by atoms with Crippen LogP contribution in [0.25, 0.3) is 0 Å². The number of anilines is 1. The van der Waals surface area contributed by atoms with Gasteiger partial charge in [0.25, 0.3) is 0 Å². The maximum absolute atomic E-state index is 12.5. The first-order valence-corrected chi connectivity index (χ1v) is 8.40. The second kappa shape index (κ2) is 8.68. The summed E-state index contributed by atoms with van der Waals surface area (Å²) in [6.45, 7) is 5.45. The van der Waals surface area contributed by atoms with E-state index >= 15 is 0 Å². The summed E-state index contributed by atoms with van der Waals surface area (Å²) in [5.41, 5.74) is 0.728.